The Morgan fingerprint density at radius 3 is 1.29 bits per heavy atom. The number of allylic oxidation sites excluding steroid dienone is 2. The van der Waals surface area contributed by atoms with Crippen molar-refractivity contribution in [1.29, 1.82) is 0 Å². The second-order valence-corrected chi connectivity index (χ2v) is 10.7. The third-order valence-electron chi connectivity index (χ3n) is 7.32. The van der Waals surface area contributed by atoms with E-state index in [0.717, 1.165) is 99.3 Å². The van der Waals surface area contributed by atoms with E-state index >= 15 is 0 Å². The Morgan fingerprint density at radius 1 is 0.512 bits per heavy atom. The Labute approximate surface area is 253 Å². The molecule has 0 aliphatic carbocycles. The summed E-state index contributed by atoms with van der Waals surface area (Å²) < 4.78 is 0. The summed E-state index contributed by atoms with van der Waals surface area (Å²) in [5.41, 5.74) is 7.02. The van der Waals surface area contributed by atoms with Gasteiger partial charge >= 0.3 is 17.1 Å². The molecule has 0 atom stereocenters. The van der Waals surface area contributed by atoms with E-state index in [9.17, 15) is 0 Å². The molecule has 0 N–H and O–H groups in total. The monoisotopic (exact) mass is 599 g/mol. The topological polar surface area (TPSA) is 106 Å². The van der Waals surface area contributed by atoms with Crippen molar-refractivity contribution in [3.8, 4) is 0 Å². The molecule has 0 spiro atoms. The molecule has 5 rings (SSSR count). The summed E-state index contributed by atoms with van der Waals surface area (Å²) >= 11 is 0. The van der Waals surface area contributed by atoms with Crippen LogP contribution in [0.1, 0.15) is 126 Å². The minimum absolute atomic E-state index is 0. The molecule has 0 amide bonds. The zero-order valence-corrected chi connectivity index (χ0v) is 25.6. The Hall–Kier alpha value is -3.16. The van der Waals surface area contributed by atoms with E-state index in [-0.39, 0.29) is 17.1 Å². The summed E-state index contributed by atoms with van der Waals surface area (Å²) in [5, 5.41) is 0. The van der Waals surface area contributed by atoms with Gasteiger partial charge < -0.3 is 29.9 Å². The first kappa shape index (κ1) is 30.8. The minimum Gasteiger partial charge on any atom is -0.358 e. The van der Waals surface area contributed by atoms with Crippen molar-refractivity contribution in [3.05, 3.63) is 46.6 Å². The van der Waals surface area contributed by atoms with E-state index in [4.69, 9.17) is 39.9 Å². The molecule has 219 valence electrons. The van der Waals surface area contributed by atoms with Crippen LogP contribution in [0.15, 0.2) is 12.1 Å². The molecule has 0 fully saturated rings. The van der Waals surface area contributed by atoms with Crippen molar-refractivity contribution in [3.63, 3.8) is 0 Å². The Kier molecular flexibility index (Phi) is 11.0. The summed E-state index contributed by atoms with van der Waals surface area (Å²) in [6.07, 6.45) is 16.4. The van der Waals surface area contributed by atoms with Crippen molar-refractivity contribution >= 4 is 45.9 Å². The largest absolute Gasteiger partial charge is 2.00 e. The third-order valence-corrected chi connectivity index (χ3v) is 7.32. The number of aromatic nitrogens is 8. The van der Waals surface area contributed by atoms with Gasteiger partial charge in [-0.05, 0) is 97.9 Å². The molecule has 0 aromatic carbocycles. The van der Waals surface area contributed by atoms with Crippen molar-refractivity contribution < 1.29 is 17.1 Å². The van der Waals surface area contributed by atoms with E-state index in [2.05, 4.69) is 52.0 Å². The number of aryl methyl sites for hydroxylation is 2. The Balaban J connectivity index is 0.00000387. The van der Waals surface area contributed by atoms with E-state index in [1.54, 1.807) is 0 Å². The zero-order valence-electron chi connectivity index (χ0n) is 24.7. The quantitative estimate of drug-likeness (QED) is 0.200. The molecular weight excluding hydrogens is 560 g/mol. The molecule has 0 saturated heterocycles. The molecule has 8 nitrogen and oxygen atoms in total. The van der Waals surface area contributed by atoms with E-state index in [0.29, 0.717) is 45.9 Å². The zero-order chi connectivity index (χ0) is 27.9. The van der Waals surface area contributed by atoms with Gasteiger partial charge in [0, 0.05) is 22.6 Å². The van der Waals surface area contributed by atoms with Crippen LogP contribution in [0.4, 0.5) is 0 Å². The number of rotatable bonds is 12. The second kappa shape index (κ2) is 14.6. The van der Waals surface area contributed by atoms with Gasteiger partial charge in [0.05, 0.1) is 23.3 Å². The predicted molar refractivity (Wildman–Crippen MR) is 162 cm³/mol. The van der Waals surface area contributed by atoms with E-state index in [1.807, 2.05) is 0 Å². The molecule has 5 heterocycles. The summed E-state index contributed by atoms with van der Waals surface area (Å²) in [6, 6.07) is 4.11. The summed E-state index contributed by atoms with van der Waals surface area (Å²) in [4.78, 5) is 39.1. The van der Waals surface area contributed by atoms with Crippen molar-refractivity contribution in [2.45, 2.75) is 105 Å². The van der Waals surface area contributed by atoms with Crippen molar-refractivity contribution in [2.24, 2.45) is 0 Å². The van der Waals surface area contributed by atoms with Crippen LogP contribution < -0.4 is 9.97 Å². The molecule has 8 bridgehead atoms. The molecule has 41 heavy (non-hydrogen) atoms. The number of hydrogen-bond donors (Lipinski definition) is 0. The fourth-order valence-electron chi connectivity index (χ4n) is 4.99. The molecule has 0 saturated carbocycles. The Morgan fingerprint density at radius 2 is 0.902 bits per heavy atom. The third kappa shape index (κ3) is 7.57. The van der Waals surface area contributed by atoms with Crippen LogP contribution in [0.25, 0.3) is 45.9 Å². The maximum atomic E-state index is 4.92. The fraction of sp³-hybridized carbons (Fsp3) is 0.500. The van der Waals surface area contributed by atoms with Crippen LogP contribution >= 0.6 is 0 Å². The minimum atomic E-state index is 0. The van der Waals surface area contributed by atoms with Crippen LogP contribution in [0.3, 0.4) is 0 Å². The SMILES string of the molecule is CCCCC1=Cc2nc1nc1cc(CCCC)c(nc3nc(nc4cc(CCCC)c(n2)[n-]4)C(CCCC)=C3)[n-]1.[Cu+2]. The van der Waals surface area contributed by atoms with Crippen LogP contribution in [-0.2, 0) is 29.9 Å². The number of hydrogen-bond acceptors (Lipinski definition) is 6. The molecule has 2 aliphatic rings. The predicted octanol–water partition coefficient (Wildman–Crippen LogP) is 7.30. The first-order valence-corrected chi connectivity index (χ1v) is 15.1. The summed E-state index contributed by atoms with van der Waals surface area (Å²) in [7, 11) is 0. The van der Waals surface area contributed by atoms with Crippen LogP contribution in [0, 0.1) is 0 Å². The molecule has 0 unspecified atom stereocenters. The van der Waals surface area contributed by atoms with Gasteiger partial charge in [-0.25, -0.2) is 9.97 Å². The van der Waals surface area contributed by atoms with Gasteiger partial charge in [-0.3, -0.25) is 0 Å². The Bertz CT molecular complexity index is 1450. The molecule has 2 aliphatic heterocycles. The number of nitrogens with zero attached hydrogens (tertiary/aromatic N) is 8. The van der Waals surface area contributed by atoms with Crippen molar-refractivity contribution in [1.82, 2.24) is 39.9 Å². The van der Waals surface area contributed by atoms with Gasteiger partial charge in [-0.15, -0.1) is 0 Å². The standard InChI is InChI=1S/C32H40N8.Cu/c1-5-9-13-21-17-25-33-29(21)37-26-18-22(14-10-6-2)31(34-26)39-28-20-24(16-12-8-4)32(36-28)40-27-19-23(15-11-7-3)30(35-27)38-25;/h17-20H,5-16H2,1-4H3;/q-2;+2. The van der Waals surface area contributed by atoms with Gasteiger partial charge in [0.15, 0.2) is 0 Å². The number of unbranched alkanes of at least 4 members (excludes halogenated alkanes) is 4. The second-order valence-electron chi connectivity index (χ2n) is 10.7. The van der Waals surface area contributed by atoms with E-state index < -0.39 is 0 Å². The molecule has 9 heteroatoms. The van der Waals surface area contributed by atoms with Gasteiger partial charge in [-0.1, -0.05) is 53.4 Å². The maximum absolute atomic E-state index is 4.92. The summed E-state index contributed by atoms with van der Waals surface area (Å²) in [5.74, 6) is 2.65. The first-order chi connectivity index (χ1) is 19.6. The van der Waals surface area contributed by atoms with Gasteiger partial charge in [-0.2, -0.15) is 0 Å². The molecule has 3 aromatic heterocycles. The van der Waals surface area contributed by atoms with Crippen LogP contribution in [0.2, 0.25) is 0 Å². The van der Waals surface area contributed by atoms with E-state index in [1.165, 1.54) is 0 Å². The van der Waals surface area contributed by atoms with Gasteiger partial charge in [0.1, 0.15) is 0 Å². The first-order valence-electron chi connectivity index (χ1n) is 15.1. The molecule has 3 aromatic rings. The van der Waals surface area contributed by atoms with Gasteiger partial charge in [0.2, 0.25) is 0 Å². The van der Waals surface area contributed by atoms with Crippen LogP contribution in [-0.4, -0.2) is 29.9 Å². The summed E-state index contributed by atoms with van der Waals surface area (Å²) in [6.45, 7) is 8.79. The smallest absolute Gasteiger partial charge is 0.358 e. The number of fused-ring (bicyclic) bond motifs is 8. The average Bonchev–Trinajstić information content (AvgIpc) is 3.71. The normalized spacial score (nSPS) is 12.7. The average molecular weight is 600 g/mol. The molecule has 1 radical (unpaired) electrons. The van der Waals surface area contributed by atoms with Gasteiger partial charge in [0.25, 0.3) is 0 Å². The maximum Gasteiger partial charge on any atom is 2.00 e. The molecular formula is C32H40CuN8. The van der Waals surface area contributed by atoms with Crippen LogP contribution in [0.5, 0.6) is 0 Å². The van der Waals surface area contributed by atoms with Crippen molar-refractivity contribution in [2.75, 3.05) is 0 Å². The fourth-order valence-corrected chi connectivity index (χ4v) is 4.99.